The summed E-state index contributed by atoms with van der Waals surface area (Å²) in [5, 5.41) is 21.3. The molecule has 1 aliphatic rings. The molecule has 156 valence electrons. The van der Waals surface area contributed by atoms with Crippen molar-refractivity contribution in [3.05, 3.63) is 35.1 Å². The third kappa shape index (κ3) is 4.24. The van der Waals surface area contributed by atoms with Crippen molar-refractivity contribution in [2.75, 3.05) is 24.1 Å². The average molecular weight is 426 g/mol. The summed E-state index contributed by atoms with van der Waals surface area (Å²) in [6.45, 7) is 2.55. The van der Waals surface area contributed by atoms with Crippen LogP contribution >= 0.6 is 11.3 Å². The van der Waals surface area contributed by atoms with Gasteiger partial charge in [-0.25, -0.2) is 15.0 Å². The number of likely N-dealkylation sites (tertiary alicyclic amines) is 1. The number of nitrogens with two attached hydrogens (primary N) is 1. The van der Waals surface area contributed by atoms with E-state index in [4.69, 9.17) is 11.1 Å². The lowest BCUT2D eigenvalue weighted by Gasteiger charge is -2.44. The molecule has 0 atom stereocenters. The van der Waals surface area contributed by atoms with E-state index in [1.54, 1.807) is 24.0 Å². The van der Waals surface area contributed by atoms with Gasteiger partial charge < -0.3 is 26.5 Å². The van der Waals surface area contributed by atoms with Crippen LogP contribution in [0.1, 0.15) is 30.3 Å². The van der Waals surface area contributed by atoms with E-state index in [1.165, 1.54) is 23.9 Å². The Hall–Kier alpha value is -3.11. The van der Waals surface area contributed by atoms with Crippen LogP contribution in [0.5, 0.6) is 0 Å². The number of nitrogens with one attached hydrogen (secondary N) is 2. The van der Waals surface area contributed by atoms with Crippen LogP contribution in [-0.2, 0) is 11.2 Å². The molecule has 2 aromatic heterocycles. The van der Waals surface area contributed by atoms with Crippen LogP contribution in [0, 0.1) is 5.41 Å². The highest BCUT2D eigenvalue weighted by atomic mass is 32.1. The second kappa shape index (κ2) is 7.96. The number of anilines is 3. The third-order valence-electron chi connectivity index (χ3n) is 4.94. The van der Waals surface area contributed by atoms with Crippen molar-refractivity contribution in [2.45, 2.75) is 31.8 Å². The fraction of sp³-hybridized carbons (Fsp3) is 0.350. The van der Waals surface area contributed by atoms with Gasteiger partial charge in [0, 0.05) is 29.6 Å². The molecule has 4 rings (SSSR count). The molecule has 1 fully saturated rings. The molecule has 3 heterocycles. The minimum atomic E-state index is -0.741. The van der Waals surface area contributed by atoms with Gasteiger partial charge in [0.05, 0.1) is 23.7 Å². The van der Waals surface area contributed by atoms with Crippen molar-refractivity contribution < 1.29 is 9.90 Å². The molecule has 1 aromatic carbocycles. The van der Waals surface area contributed by atoms with E-state index >= 15 is 0 Å². The average Bonchev–Trinajstić information content (AvgIpc) is 3.11. The molecule has 1 aliphatic heterocycles. The number of aromatic nitrogens is 3. The Morgan fingerprint density at radius 2 is 2.23 bits per heavy atom. The molecule has 0 unspecified atom stereocenters. The normalized spacial score (nSPS) is 15.1. The quantitative estimate of drug-likeness (QED) is 0.336. The van der Waals surface area contributed by atoms with Gasteiger partial charge in [0.15, 0.2) is 5.82 Å². The van der Waals surface area contributed by atoms with Gasteiger partial charge in [0.1, 0.15) is 16.7 Å². The molecular weight excluding hydrogens is 402 g/mol. The summed E-state index contributed by atoms with van der Waals surface area (Å²) < 4.78 is 0. The molecule has 0 aliphatic carbocycles. The number of carbonyl (C=O) groups is 1. The number of thiazole rings is 1. The Morgan fingerprint density at radius 3 is 2.97 bits per heavy atom. The van der Waals surface area contributed by atoms with Crippen LogP contribution in [0.3, 0.4) is 0 Å². The minimum Gasteiger partial charge on any atom is -0.398 e. The van der Waals surface area contributed by atoms with E-state index < -0.39 is 5.60 Å². The topological polar surface area (TPSA) is 141 Å². The summed E-state index contributed by atoms with van der Waals surface area (Å²) in [5.74, 6) is 0.650. The summed E-state index contributed by atoms with van der Waals surface area (Å²) in [4.78, 5) is 27.9. The highest BCUT2D eigenvalue weighted by molar-refractivity contribution is 7.18. The van der Waals surface area contributed by atoms with Gasteiger partial charge in [-0.2, -0.15) is 0 Å². The van der Waals surface area contributed by atoms with Crippen LogP contribution in [0.2, 0.25) is 0 Å². The highest BCUT2D eigenvalue weighted by Gasteiger charge is 2.38. The number of β-amino-alcohol motifs (C(OH)–C–C–N with tert-alkyl or cyclic N) is 1. The number of carbonyl (C=O) groups excluding carboxylic acids is 1. The SMILES string of the molecule is CC1(O)CN(C(=O)CCCc2nc3c(Nc4ccc(N)c(C=N)c4)ncnc3s2)C1. The van der Waals surface area contributed by atoms with Crippen LogP contribution < -0.4 is 11.1 Å². The van der Waals surface area contributed by atoms with Crippen LogP contribution in [0.4, 0.5) is 17.2 Å². The predicted molar refractivity (Wildman–Crippen MR) is 117 cm³/mol. The van der Waals surface area contributed by atoms with E-state index in [0.717, 1.165) is 15.5 Å². The molecule has 10 heteroatoms. The van der Waals surface area contributed by atoms with Crippen LogP contribution in [0.15, 0.2) is 24.5 Å². The molecule has 0 spiro atoms. The van der Waals surface area contributed by atoms with Gasteiger partial charge in [-0.05, 0) is 38.0 Å². The van der Waals surface area contributed by atoms with E-state index in [2.05, 4.69) is 20.3 Å². The zero-order valence-electron chi connectivity index (χ0n) is 16.6. The molecule has 0 bridgehead atoms. The Balaban J connectivity index is 1.42. The van der Waals surface area contributed by atoms with Crippen molar-refractivity contribution in [3.8, 4) is 0 Å². The van der Waals surface area contributed by atoms with E-state index in [0.29, 0.717) is 54.9 Å². The van der Waals surface area contributed by atoms with E-state index in [1.807, 2.05) is 6.07 Å². The lowest BCUT2D eigenvalue weighted by molar-refractivity contribution is -0.152. The number of fused-ring (bicyclic) bond motifs is 1. The number of benzene rings is 1. The van der Waals surface area contributed by atoms with Gasteiger partial charge in [-0.1, -0.05) is 11.3 Å². The number of nitrogen functional groups attached to an aromatic ring is 1. The Morgan fingerprint density at radius 1 is 1.43 bits per heavy atom. The number of hydrogen-bond donors (Lipinski definition) is 4. The van der Waals surface area contributed by atoms with Crippen molar-refractivity contribution in [1.29, 1.82) is 5.41 Å². The molecular formula is C20H23N7O2S. The van der Waals surface area contributed by atoms with E-state index in [-0.39, 0.29) is 5.91 Å². The monoisotopic (exact) mass is 425 g/mol. The minimum absolute atomic E-state index is 0.0649. The van der Waals surface area contributed by atoms with Crippen molar-refractivity contribution in [2.24, 2.45) is 0 Å². The standard InChI is InChI=1S/C20H23N7O2S/c1-20(29)9-27(10-20)16(28)4-2-3-15-26-17-18(23-11-24-19(17)30-15)25-13-5-6-14(22)12(7-13)8-21/h5-8,11,21,29H,2-4,9-10,22H2,1H3,(H,23,24,25). The van der Waals surface area contributed by atoms with Crippen molar-refractivity contribution >= 4 is 51.0 Å². The molecule has 30 heavy (non-hydrogen) atoms. The molecule has 9 nitrogen and oxygen atoms in total. The number of aryl methyl sites for hydroxylation is 1. The third-order valence-corrected chi connectivity index (χ3v) is 5.96. The fourth-order valence-corrected chi connectivity index (χ4v) is 4.36. The summed E-state index contributed by atoms with van der Waals surface area (Å²) in [6, 6.07) is 5.34. The van der Waals surface area contributed by atoms with Crippen LogP contribution in [0.25, 0.3) is 10.3 Å². The molecule has 1 saturated heterocycles. The Bertz CT molecular complexity index is 1100. The predicted octanol–water partition coefficient (Wildman–Crippen LogP) is 2.33. The second-order valence-electron chi connectivity index (χ2n) is 7.70. The Kier molecular flexibility index (Phi) is 5.35. The Labute approximate surface area is 177 Å². The first-order chi connectivity index (χ1) is 14.3. The molecule has 5 N–H and O–H groups in total. The molecule has 3 aromatic rings. The maximum atomic E-state index is 12.1. The lowest BCUT2D eigenvalue weighted by atomic mass is 9.96. The first-order valence-electron chi connectivity index (χ1n) is 9.62. The lowest BCUT2D eigenvalue weighted by Crippen LogP contribution is -2.61. The van der Waals surface area contributed by atoms with Gasteiger partial charge in [0.25, 0.3) is 0 Å². The van der Waals surface area contributed by atoms with Gasteiger partial charge >= 0.3 is 0 Å². The zero-order valence-corrected chi connectivity index (χ0v) is 17.4. The number of rotatable bonds is 7. The second-order valence-corrected chi connectivity index (χ2v) is 8.76. The smallest absolute Gasteiger partial charge is 0.222 e. The molecule has 0 radical (unpaired) electrons. The number of hydrogen-bond acceptors (Lipinski definition) is 9. The van der Waals surface area contributed by atoms with Gasteiger partial charge in [0.2, 0.25) is 5.91 Å². The molecule has 0 saturated carbocycles. The molecule has 1 amide bonds. The van der Waals surface area contributed by atoms with Crippen molar-refractivity contribution in [1.82, 2.24) is 19.9 Å². The highest BCUT2D eigenvalue weighted by Crippen LogP contribution is 2.28. The van der Waals surface area contributed by atoms with Crippen LogP contribution in [-0.4, -0.2) is 55.8 Å². The summed E-state index contributed by atoms with van der Waals surface area (Å²) >= 11 is 1.49. The summed E-state index contributed by atoms with van der Waals surface area (Å²) in [7, 11) is 0. The van der Waals surface area contributed by atoms with Crippen molar-refractivity contribution in [3.63, 3.8) is 0 Å². The largest absolute Gasteiger partial charge is 0.398 e. The maximum absolute atomic E-state index is 12.1. The summed E-state index contributed by atoms with van der Waals surface area (Å²) in [5.41, 5.74) is 7.70. The van der Waals surface area contributed by atoms with E-state index in [9.17, 15) is 9.90 Å². The maximum Gasteiger partial charge on any atom is 0.222 e. The van der Waals surface area contributed by atoms with Gasteiger partial charge in [-0.3, -0.25) is 4.79 Å². The summed E-state index contributed by atoms with van der Waals surface area (Å²) in [6.07, 6.45) is 4.49. The number of aliphatic hydroxyl groups is 1. The first-order valence-corrected chi connectivity index (χ1v) is 10.4. The fourth-order valence-electron chi connectivity index (χ4n) is 3.41. The number of amides is 1. The van der Waals surface area contributed by atoms with Gasteiger partial charge in [-0.15, -0.1) is 0 Å². The number of nitrogens with zero attached hydrogens (tertiary/aromatic N) is 4. The first kappa shape index (κ1) is 20.2. The zero-order chi connectivity index (χ0) is 21.3.